The van der Waals surface area contributed by atoms with E-state index >= 15 is 0 Å². The van der Waals surface area contributed by atoms with Crippen molar-refractivity contribution in [3.63, 3.8) is 0 Å². The van der Waals surface area contributed by atoms with E-state index in [1.807, 2.05) is 64.1 Å². The Hall–Kier alpha value is -3.87. The monoisotopic (exact) mass is 475 g/mol. The zero-order valence-electron chi connectivity index (χ0n) is 20.7. The fourth-order valence-corrected chi connectivity index (χ4v) is 3.52. The van der Waals surface area contributed by atoms with Crippen LogP contribution in [0.4, 0.5) is 0 Å². The number of amides is 2. The van der Waals surface area contributed by atoms with E-state index in [0.29, 0.717) is 24.5 Å². The van der Waals surface area contributed by atoms with Crippen LogP contribution < -0.4 is 20.1 Å². The summed E-state index contributed by atoms with van der Waals surface area (Å²) in [6, 6.07) is 17.4. The van der Waals surface area contributed by atoms with Gasteiger partial charge >= 0.3 is 0 Å². The first-order valence-corrected chi connectivity index (χ1v) is 11.8. The molecule has 3 rings (SSSR count). The van der Waals surface area contributed by atoms with Crippen LogP contribution in [0.2, 0.25) is 0 Å². The van der Waals surface area contributed by atoms with E-state index in [0.717, 1.165) is 16.9 Å². The fraction of sp³-hybridized carbons (Fsp3) is 0.321. The second kappa shape index (κ2) is 12.6. The Labute approximate surface area is 206 Å². The van der Waals surface area contributed by atoms with Crippen molar-refractivity contribution in [1.29, 1.82) is 0 Å². The summed E-state index contributed by atoms with van der Waals surface area (Å²) in [5.41, 5.74) is 2.40. The van der Waals surface area contributed by atoms with Gasteiger partial charge in [0.25, 0.3) is 5.91 Å². The third kappa shape index (κ3) is 7.57. The molecule has 0 aliphatic heterocycles. The summed E-state index contributed by atoms with van der Waals surface area (Å²) in [5, 5.41) is 5.88. The number of nitrogens with zero attached hydrogens (tertiary/aromatic N) is 1. The summed E-state index contributed by atoms with van der Waals surface area (Å²) >= 11 is 0. The molecule has 0 bridgehead atoms. The summed E-state index contributed by atoms with van der Waals surface area (Å²) in [6.45, 7) is 8.61. The Balaban J connectivity index is 1.56. The number of rotatable bonds is 11. The molecule has 0 saturated carbocycles. The number of nitrogens with one attached hydrogen (secondary N) is 2. The highest BCUT2D eigenvalue weighted by atomic mass is 16.5. The Bertz CT molecular complexity index is 1080. The van der Waals surface area contributed by atoms with Gasteiger partial charge < -0.3 is 20.1 Å². The molecule has 7 nitrogen and oxygen atoms in total. The van der Waals surface area contributed by atoms with Crippen LogP contribution >= 0.6 is 0 Å². The SMILES string of the molecule is CCOc1ccc(C(=O)NC(C(=O)NC(C)c2ccc(OCc3cccnc3)cc2)C(C)C)cc1. The zero-order chi connectivity index (χ0) is 25.2. The van der Waals surface area contributed by atoms with Crippen LogP contribution in [0.5, 0.6) is 11.5 Å². The van der Waals surface area contributed by atoms with Crippen molar-refractivity contribution in [1.82, 2.24) is 15.6 Å². The lowest BCUT2D eigenvalue weighted by Gasteiger charge is -2.24. The van der Waals surface area contributed by atoms with Crippen molar-refractivity contribution in [2.24, 2.45) is 5.92 Å². The summed E-state index contributed by atoms with van der Waals surface area (Å²) in [7, 11) is 0. The number of pyridine rings is 1. The predicted octanol–water partition coefficient (Wildman–Crippen LogP) is 4.69. The van der Waals surface area contributed by atoms with Crippen LogP contribution in [0.15, 0.2) is 73.1 Å². The normalized spacial score (nSPS) is 12.5. The molecule has 184 valence electrons. The fourth-order valence-electron chi connectivity index (χ4n) is 3.52. The molecule has 2 unspecified atom stereocenters. The van der Waals surface area contributed by atoms with Gasteiger partial charge in [-0.05, 0) is 67.8 Å². The molecule has 0 spiro atoms. The van der Waals surface area contributed by atoms with Gasteiger partial charge in [0.2, 0.25) is 5.91 Å². The number of hydrogen-bond acceptors (Lipinski definition) is 5. The van der Waals surface area contributed by atoms with Gasteiger partial charge in [-0.3, -0.25) is 14.6 Å². The minimum Gasteiger partial charge on any atom is -0.494 e. The minimum atomic E-state index is -0.668. The lowest BCUT2D eigenvalue weighted by Crippen LogP contribution is -2.50. The first-order chi connectivity index (χ1) is 16.9. The number of ether oxygens (including phenoxy) is 2. The molecular formula is C28H33N3O4. The van der Waals surface area contributed by atoms with Crippen LogP contribution in [0.1, 0.15) is 55.2 Å². The van der Waals surface area contributed by atoms with E-state index < -0.39 is 6.04 Å². The van der Waals surface area contributed by atoms with Crippen molar-refractivity contribution in [2.75, 3.05) is 6.61 Å². The van der Waals surface area contributed by atoms with Gasteiger partial charge in [-0.2, -0.15) is 0 Å². The van der Waals surface area contributed by atoms with Gasteiger partial charge in [0, 0.05) is 23.5 Å². The number of carbonyl (C=O) groups is 2. The highest BCUT2D eigenvalue weighted by Gasteiger charge is 2.26. The van der Waals surface area contributed by atoms with E-state index in [2.05, 4.69) is 15.6 Å². The Morgan fingerprint density at radius 2 is 1.54 bits per heavy atom. The maximum atomic E-state index is 13.0. The van der Waals surface area contributed by atoms with Crippen molar-refractivity contribution < 1.29 is 19.1 Å². The van der Waals surface area contributed by atoms with Gasteiger partial charge in [0.1, 0.15) is 24.1 Å². The molecule has 35 heavy (non-hydrogen) atoms. The Kier molecular flexibility index (Phi) is 9.23. The van der Waals surface area contributed by atoms with Crippen LogP contribution in [0.3, 0.4) is 0 Å². The molecule has 7 heteroatoms. The van der Waals surface area contributed by atoms with Crippen molar-refractivity contribution >= 4 is 11.8 Å². The summed E-state index contributed by atoms with van der Waals surface area (Å²) in [6.07, 6.45) is 3.50. The van der Waals surface area contributed by atoms with Crippen LogP contribution in [0, 0.1) is 5.92 Å². The van der Waals surface area contributed by atoms with E-state index in [-0.39, 0.29) is 23.8 Å². The molecule has 2 aromatic carbocycles. The third-order valence-corrected chi connectivity index (χ3v) is 5.53. The number of aromatic nitrogens is 1. The topological polar surface area (TPSA) is 89.5 Å². The summed E-state index contributed by atoms with van der Waals surface area (Å²) in [4.78, 5) is 29.8. The standard InChI is InChI=1S/C28H33N3O4/c1-5-34-24-14-10-23(11-15-24)27(32)31-26(19(2)3)28(33)30-20(4)22-8-12-25(13-9-22)35-18-21-7-6-16-29-17-21/h6-17,19-20,26H,5,18H2,1-4H3,(H,30,33)(H,31,32). The molecule has 1 aromatic heterocycles. The molecule has 3 aromatic rings. The molecular weight excluding hydrogens is 442 g/mol. The second-order valence-corrected chi connectivity index (χ2v) is 8.60. The van der Waals surface area contributed by atoms with Crippen LogP contribution in [-0.4, -0.2) is 29.4 Å². The van der Waals surface area contributed by atoms with Gasteiger partial charge in [0.15, 0.2) is 0 Å². The molecule has 2 amide bonds. The smallest absolute Gasteiger partial charge is 0.251 e. The number of hydrogen-bond donors (Lipinski definition) is 2. The summed E-state index contributed by atoms with van der Waals surface area (Å²) < 4.78 is 11.2. The quantitative estimate of drug-likeness (QED) is 0.420. The minimum absolute atomic E-state index is 0.0860. The molecule has 2 N–H and O–H groups in total. The van der Waals surface area contributed by atoms with Crippen LogP contribution in [0.25, 0.3) is 0 Å². The van der Waals surface area contributed by atoms with Crippen LogP contribution in [-0.2, 0) is 11.4 Å². The van der Waals surface area contributed by atoms with Gasteiger partial charge in [0.05, 0.1) is 12.6 Å². The van der Waals surface area contributed by atoms with Crippen molar-refractivity contribution in [3.8, 4) is 11.5 Å². The average molecular weight is 476 g/mol. The number of carbonyl (C=O) groups excluding carboxylic acids is 2. The molecule has 0 saturated heterocycles. The maximum absolute atomic E-state index is 13.0. The molecule has 0 radical (unpaired) electrons. The zero-order valence-corrected chi connectivity index (χ0v) is 20.7. The average Bonchev–Trinajstić information content (AvgIpc) is 2.87. The van der Waals surface area contributed by atoms with Crippen molar-refractivity contribution in [2.45, 2.75) is 46.4 Å². The highest BCUT2D eigenvalue weighted by Crippen LogP contribution is 2.19. The molecule has 0 aliphatic carbocycles. The molecule has 2 atom stereocenters. The lowest BCUT2D eigenvalue weighted by molar-refractivity contribution is -0.124. The first kappa shape index (κ1) is 25.7. The first-order valence-electron chi connectivity index (χ1n) is 11.8. The summed E-state index contributed by atoms with van der Waals surface area (Å²) in [5.74, 6) is 0.814. The largest absolute Gasteiger partial charge is 0.494 e. The van der Waals surface area contributed by atoms with E-state index in [9.17, 15) is 9.59 Å². The van der Waals surface area contributed by atoms with Gasteiger partial charge in [-0.1, -0.05) is 32.0 Å². The maximum Gasteiger partial charge on any atom is 0.251 e. The second-order valence-electron chi connectivity index (χ2n) is 8.60. The molecule has 0 aliphatic rings. The third-order valence-electron chi connectivity index (χ3n) is 5.53. The molecule has 0 fully saturated rings. The van der Waals surface area contributed by atoms with Crippen molar-refractivity contribution in [3.05, 3.63) is 89.7 Å². The van der Waals surface area contributed by atoms with E-state index in [1.54, 1.807) is 36.7 Å². The van der Waals surface area contributed by atoms with E-state index in [1.165, 1.54) is 0 Å². The molecule has 1 heterocycles. The Morgan fingerprint density at radius 3 is 2.14 bits per heavy atom. The van der Waals surface area contributed by atoms with Gasteiger partial charge in [-0.25, -0.2) is 0 Å². The predicted molar refractivity (Wildman–Crippen MR) is 135 cm³/mol. The Morgan fingerprint density at radius 1 is 0.886 bits per heavy atom. The highest BCUT2D eigenvalue weighted by molar-refractivity contribution is 5.97. The lowest BCUT2D eigenvalue weighted by atomic mass is 10.0. The van der Waals surface area contributed by atoms with E-state index in [4.69, 9.17) is 9.47 Å². The number of benzene rings is 2. The van der Waals surface area contributed by atoms with Gasteiger partial charge in [-0.15, -0.1) is 0 Å².